The highest BCUT2D eigenvalue weighted by Gasteiger charge is 2.42. The molecule has 0 amide bonds. The van der Waals surface area contributed by atoms with Crippen molar-refractivity contribution in [2.24, 2.45) is 0 Å². The smallest absolute Gasteiger partial charge is 0.488 e. The van der Waals surface area contributed by atoms with Gasteiger partial charge in [0.05, 0.1) is 12.9 Å². The molecule has 31 heavy (non-hydrogen) atoms. The van der Waals surface area contributed by atoms with E-state index in [2.05, 4.69) is 39.9 Å². The third kappa shape index (κ3) is 5.64. The molecule has 4 atom stereocenters. The molecule has 8 N–H and O–H groups in total. The van der Waals surface area contributed by atoms with Gasteiger partial charge in [0.25, 0.3) is 0 Å². The number of fused-ring (bicyclic) bond motifs is 1. The van der Waals surface area contributed by atoms with Crippen LogP contribution in [0.15, 0.2) is 24.2 Å². The molecular weight excluding hydrogens is 507 g/mol. The molecule has 1 aliphatic heterocycles. The summed E-state index contributed by atoms with van der Waals surface area (Å²) >= 11 is 3.96. The van der Waals surface area contributed by atoms with Crippen LogP contribution in [0, 0.1) is 0 Å². The van der Waals surface area contributed by atoms with E-state index in [4.69, 9.17) is 20.3 Å². The number of aliphatic hydroxyl groups excluding tert-OH is 2. The van der Waals surface area contributed by atoms with Gasteiger partial charge in [0.15, 0.2) is 29.2 Å². The summed E-state index contributed by atoms with van der Waals surface area (Å²) in [6.07, 6.45) is -0.612. The van der Waals surface area contributed by atoms with Crippen LogP contribution in [0.1, 0.15) is 6.23 Å². The summed E-state index contributed by atoms with van der Waals surface area (Å²) in [7, 11) is -10.9. The lowest BCUT2D eigenvalue weighted by Gasteiger charge is -2.19. The highest BCUT2D eigenvalue weighted by molar-refractivity contribution is 8.08. The van der Waals surface area contributed by atoms with Crippen LogP contribution < -0.4 is 5.73 Å². The molecule has 3 rings (SSSR count). The monoisotopic (exact) mass is 521 g/mol. The average molecular weight is 521 g/mol. The van der Waals surface area contributed by atoms with Gasteiger partial charge in [-0.25, -0.2) is 28.4 Å². The van der Waals surface area contributed by atoms with Crippen LogP contribution in [-0.2, 0) is 38.8 Å². The Morgan fingerprint density at radius 1 is 1.10 bits per heavy atom. The van der Waals surface area contributed by atoms with Crippen molar-refractivity contribution in [1.29, 1.82) is 0 Å². The Balaban J connectivity index is 1.71. The van der Waals surface area contributed by atoms with Gasteiger partial charge in [-0.1, -0.05) is 0 Å². The number of nitrogen functional groups attached to an aromatic ring is 1. The standard InChI is InChI=1S/C10H14N5O12P3S/c11-8-5-9(13-2-12-8)15(3-14-5)10-7(17)6(16)4(25-10)1-24-28(18,19)26-29(20,21)27-30(22,23)31/h2-4,10,16-17H,1H2,(H,18,19)(H,20,21)(H2,11,12,13)(H2,22,23,31)/t4-,10-/m1/s1. The number of phosphoric ester groups is 1. The molecule has 17 nitrogen and oxygen atoms in total. The third-order valence-corrected chi connectivity index (χ3v) is 7.94. The predicted molar refractivity (Wildman–Crippen MR) is 102 cm³/mol. The minimum absolute atomic E-state index is 0.0413. The maximum absolute atomic E-state index is 11.8. The van der Waals surface area contributed by atoms with Crippen molar-refractivity contribution in [2.75, 3.05) is 12.3 Å². The van der Waals surface area contributed by atoms with Gasteiger partial charge in [0.1, 0.15) is 17.9 Å². The lowest BCUT2D eigenvalue weighted by Crippen LogP contribution is -2.20. The molecule has 0 bridgehead atoms. The number of ether oxygens (including phenoxy) is 1. The van der Waals surface area contributed by atoms with E-state index in [1.54, 1.807) is 0 Å². The number of anilines is 1. The maximum Gasteiger partial charge on any atom is 0.488 e. The zero-order chi connectivity index (χ0) is 23.2. The van der Waals surface area contributed by atoms with Gasteiger partial charge in [0, 0.05) is 0 Å². The zero-order valence-corrected chi connectivity index (χ0v) is 18.3. The van der Waals surface area contributed by atoms with Crippen molar-refractivity contribution in [3.05, 3.63) is 24.2 Å². The first kappa shape index (κ1) is 24.1. The summed E-state index contributed by atoms with van der Waals surface area (Å²) < 4.78 is 41.9. The Bertz CT molecular complexity index is 1180. The van der Waals surface area contributed by atoms with Crippen molar-refractivity contribution >= 4 is 51.2 Å². The lowest BCUT2D eigenvalue weighted by atomic mass is 10.3. The summed E-state index contributed by atoms with van der Waals surface area (Å²) in [4.78, 5) is 48.1. The van der Waals surface area contributed by atoms with Crippen molar-refractivity contribution in [3.8, 4) is 0 Å². The Kier molecular flexibility index (Phi) is 6.57. The van der Waals surface area contributed by atoms with Crippen molar-refractivity contribution < 1.29 is 56.8 Å². The van der Waals surface area contributed by atoms with Crippen LogP contribution >= 0.6 is 22.4 Å². The minimum Gasteiger partial charge on any atom is -0.506 e. The Morgan fingerprint density at radius 2 is 1.77 bits per heavy atom. The fourth-order valence-corrected chi connectivity index (χ4v) is 6.17. The number of aromatic nitrogens is 4. The fraction of sp³-hybridized carbons (Fsp3) is 0.300. The molecule has 1 aliphatic rings. The summed E-state index contributed by atoms with van der Waals surface area (Å²) in [5.74, 6) is -1.46. The second-order valence-corrected chi connectivity index (χ2v) is 11.6. The number of hydrogen-bond donors (Lipinski definition) is 7. The van der Waals surface area contributed by atoms with Gasteiger partial charge in [-0.3, -0.25) is 9.09 Å². The fourth-order valence-electron chi connectivity index (χ4n) is 2.40. The first-order valence-electron chi connectivity index (χ1n) is 7.68. The van der Waals surface area contributed by atoms with Crippen LogP contribution in [0.5, 0.6) is 0 Å². The van der Waals surface area contributed by atoms with E-state index in [1.807, 2.05) is 0 Å². The van der Waals surface area contributed by atoms with Gasteiger partial charge in [-0.15, -0.1) is 0 Å². The number of aliphatic hydroxyl groups is 2. The summed E-state index contributed by atoms with van der Waals surface area (Å²) in [6.45, 7) is -5.68. The summed E-state index contributed by atoms with van der Waals surface area (Å²) in [5, 5.41) is 20.2. The SMILES string of the molecule is Nc1ncnc2c1ncn2[C@@H]1O[C@H](COP(=O)(O)OP(=O)(O)OP(O)(O)=S)C(O)=C1O. The molecule has 2 aromatic rings. The van der Waals surface area contributed by atoms with Crippen molar-refractivity contribution in [1.82, 2.24) is 19.5 Å². The quantitative estimate of drug-likeness (QED) is 0.227. The molecule has 0 fully saturated rings. The van der Waals surface area contributed by atoms with E-state index in [-0.39, 0.29) is 17.0 Å². The van der Waals surface area contributed by atoms with E-state index in [0.717, 1.165) is 6.33 Å². The van der Waals surface area contributed by atoms with E-state index in [0.29, 0.717) is 0 Å². The number of nitrogens with zero attached hydrogens (tertiary/aromatic N) is 4. The van der Waals surface area contributed by atoms with Crippen LogP contribution in [0.2, 0.25) is 0 Å². The molecule has 2 aromatic heterocycles. The Labute approximate surface area is 176 Å². The molecule has 0 spiro atoms. The molecule has 3 heterocycles. The van der Waals surface area contributed by atoms with Crippen LogP contribution in [-0.4, -0.2) is 62.0 Å². The van der Waals surface area contributed by atoms with Crippen molar-refractivity contribution in [2.45, 2.75) is 12.3 Å². The largest absolute Gasteiger partial charge is 0.506 e. The van der Waals surface area contributed by atoms with E-state index in [9.17, 15) is 29.1 Å². The maximum atomic E-state index is 11.8. The lowest BCUT2D eigenvalue weighted by molar-refractivity contribution is -0.0325. The van der Waals surface area contributed by atoms with Crippen LogP contribution in [0.4, 0.5) is 5.82 Å². The second kappa shape index (κ2) is 8.44. The number of phosphoric acid groups is 2. The normalized spacial score (nSPS) is 23.7. The van der Waals surface area contributed by atoms with E-state index in [1.165, 1.54) is 10.9 Å². The molecular formula is C10H14N5O12P3S. The second-order valence-electron chi connectivity index (χ2n) is 5.72. The number of nitrogens with two attached hydrogens (primary N) is 1. The van der Waals surface area contributed by atoms with Crippen LogP contribution in [0.3, 0.4) is 0 Å². The van der Waals surface area contributed by atoms with E-state index < -0.39 is 52.8 Å². The number of rotatable bonds is 8. The number of imidazole rings is 1. The predicted octanol–water partition coefficient (Wildman–Crippen LogP) is 0.0932. The van der Waals surface area contributed by atoms with E-state index >= 15 is 0 Å². The molecule has 2 unspecified atom stereocenters. The highest BCUT2D eigenvalue weighted by atomic mass is 32.5. The number of hydrogen-bond acceptors (Lipinski definition) is 13. The highest BCUT2D eigenvalue weighted by Crippen LogP contribution is 2.66. The minimum atomic E-state index is -5.50. The molecule has 0 saturated carbocycles. The molecule has 21 heteroatoms. The molecule has 172 valence electrons. The molecule has 0 saturated heterocycles. The van der Waals surface area contributed by atoms with Gasteiger partial charge in [-0.2, -0.15) is 4.31 Å². The first-order valence-corrected chi connectivity index (χ1v) is 13.3. The zero-order valence-electron chi connectivity index (χ0n) is 14.8. The van der Waals surface area contributed by atoms with Gasteiger partial charge in [0.2, 0.25) is 0 Å². The van der Waals surface area contributed by atoms with Gasteiger partial charge in [-0.05, 0) is 11.8 Å². The topological polar surface area (TPSA) is 262 Å². The molecule has 0 radical (unpaired) electrons. The Morgan fingerprint density at radius 3 is 2.42 bits per heavy atom. The average Bonchev–Trinajstić information content (AvgIpc) is 3.13. The van der Waals surface area contributed by atoms with Gasteiger partial charge >= 0.3 is 22.4 Å². The first-order chi connectivity index (χ1) is 14.2. The Hall–Kier alpha value is -1.52. The van der Waals surface area contributed by atoms with Crippen LogP contribution in [0.25, 0.3) is 11.2 Å². The third-order valence-electron chi connectivity index (χ3n) is 3.54. The molecule has 0 aromatic carbocycles. The van der Waals surface area contributed by atoms with Gasteiger partial charge < -0.3 is 40.3 Å². The molecule has 0 aliphatic carbocycles. The summed E-state index contributed by atoms with van der Waals surface area (Å²) in [5.41, 5.74) is 5.98. The van der Waals surface area contributed by atoms with Crippen molar-refractivity contribution in [3.63, 3.8) is 0 Å². The summed E-state index contributed by atoms with van der Waals surface area (Å²) in [6, 6.07) is 0.